The zero-order valence-electron chi connectivity index (χ0n) is 20.7. The van der Waals surface area contributed by atoms with Gasteiger partial charge in [-0.25, -0.2) is 19.5 Å². The number of anilines is 2. The number of aromatic nitrogens is 4. The van der Waals surface area contributed by atoms with E-state index in [4.69, 9.17) is 29.3 Å². The lowest BCUT2D eigenvalue weighted by molar-refractivity contribution is 0.0318. The van der Waals surface area contributed by atoms with E-state index < -0.39 is 0 Å². The molecule has 1 aromatic carbocycles. The molecule has 0 saturated carbocycles. The molecule has 0 amide bonds. The van der Waals surface area contributed by atoms with Gasteiger partial charge in [0.1, 0.15) is 12.1 Å². The van der Waals surface area contributed by atoms with Crippen LogP contribution in [-0.2, 0) is 20.8 Å². The van der Waals surface area contributed by atoms with E-state index in [0.717, 1.165) is 65.8 Å². The molecule has 1 saturated heterocycles. The Bertz CT molecular complexity index is 1320. The van der Waals surface area contributed by atoms with E-state index in [2.05, 4.69) is 46.1 Å². The third kappa shape index (κ3) is 5.24. The maximum absolute atomic E-state index is 5.58. The Hall–Kier alpha value is -3.67. The minimum Gasteiger partial charge on any atom is -0.462 e. The number of hydrazine groups is 1. The van der Waals surface area contributed by atoms with Crippen molar-refractivity contribution in [2.24, 2.45) is 0 Å². The van der Waals surface area contributed by atoms with Gasteiger partial charge < -0.3 is 19.1 Å². The molecule has 5 heterocycles. The van der Waals surface area contributed by atoms with Crippen LogP contribution in [0.2, 0.25) is 0 Å². The number of hydrogen-bond acceptors (Lipinski definition) is 10. The first kappa shape index (κ1) is 23.7. The summed E-state index contributed by atoms with van der Waals surface area (Å²) in [6.07, 6.45) is 5.52. The van der Waals surface area contributed by atoms with E-state index in [9.17, 15) is 0 Å². The average Bonchev–Trinajstić information content (AvgIpc) is 3.68. The van der Waals surface area contributed by atoms with Gasteiger partial charge in [-0.2, -0.15) is 0 Å². The Morgan fingerprint density at radius 3 is 2.62 bits per heavy atom. The fourth-order valence-corrected chi connectivity index (χ4v) is 5.37. The highest BCUT2D eigenvalue weighted by Gasteiger charge is 2.21. The molecule has 0 atom stereocenters. The highest BCUT2D eigenvalue weighted by Crippen LogP contribution is 2.29. The molecular weight excluding hydrogens is 490 g/mol. The third-order valence-corrected chi connectivity index (χ3v) is 7.31. The summed E-state index contributed by atoms with van der Waals surface area (Å²) in [5.74, 6) is 1.72. The van der Waals surface area contributed by atoms with Gasteiger partial charge in [0.05, 0.1) is 31.6 Å². The van der Waals surface area contributed by atoms with Crippen LogP contribution >= 0.6 is 11.3 Å². The number of nitrogens with zero attached hydrogens (tertiary/aromatic N) is 7. The molecule has 6 rings (SSSR count). The summed E-state index contributed by atoms with van der Waals surface area (Å²) in [6, 6.07) is 14.5. The van der Waals surface area contributed by atoms with Crippen LogP contribution in [0.3, 0.4) is 0 Å². The van der Waals surface area contributed by atoms with E-state index in [1.807, 2.05) is 35.1 Å². The third-order valence-electron chi connectivity index (χ3n) is 6.33. The predicted octanol–water partition coefficient (Wildman–Crippen LogP) is 3.78. The van der Waals surface area contributed by atoms with Crippen molar-refractivity contribution in [3.8, 4) is 11.3 Å². The van der Waals surface area contributed by atoms with Gasteiger partial charge in [-0.15, -0.1) is 5.10 Å². The summed E-state index contributed by atoms with van der Waals surface area (Å²) in [6.45, 7) is 7.77. The van der Waals surface area contributed by atoms with Crippen molar-refractivity contribution in [2.45, 2.75) is 13.5 Å². The second kappa shape index (κ2) is 10.8. The molecule has 0 bridgehead atoms. The Balaban J connectivity index is 1.21. The highest BCUT2D eigenvalue weighted by atomic mass is 32.1. The van der Waals surface area contributed by atoms with Crippen LogP contribution in [0.1, 0.15) is 12.5 Å². The monoisotopic (exact) mass is 519 g/mol. The van der Waals surface area contributed by atoms with Crippen molar-refractivity contribution in [3.05, 3.63) is 72.4 Å². The lowest BCUT2D eigenvalue weighted by atomic mass is 10.2. The second-order valence-corrected chi connectivity index (χ2v) is 9.71. The van der Waals surface area contributed by atoms with Gasteiger partial charge in [-0.1, -0.05) is 41.7 Å². The standard InChI is InChI=1S/C26H29N7O3S/c1-2-33(31-10-12-34-13-11-31)24-9-8-21(14-27-24)23-17-32-25(28-23)37-26(29-32)30(16-22-18-35-19-36-22)15-20-6-4-3-5-7-20/h3-9,14,17-18H,2,10-13,15-16,19H2,1H3. The number of imidazole rings is 1. The smallest absolute Gasteiger partial charge is 0.229 e. The molecule has 10 nitrogen and oxygen atoms in total. The number of ether oxygens (including phenoxy) is 3. The molecule has 2 aliphatic rings. The van der Waals surface area contributed by atoms with Crippen molar-refractivity contribution >= 4 is 27.2 Å². The second-order valence-electron chi connectivity index (χ2n) is 8.78. The van der Waals surface area contributed by atoms with Crippen molar-refractivity contribution in [3.63, 3.8) is 0 Å². The van der Waals surface area contributed by atoms with Crippen molar-refractivity contribution in [1.29, 1.82) is 0 Å². The topological polar surface area (TPSA) is 80.5 Å². The van der Waals surface area contributed by atoms with E-state index in [0.29, 0.717) is 13.1 Å². The van der Waals surface area contributed by atoms with E-state index >= 15 is 0 Å². The Labute approximate surface area is 219 Å². The lowest BCUT2D eigenvalue weighted by Crippen LogP contribution is -2.49. The Morgan fingerprint density at radius 1 is 1.05 bits per heavy atom. The van der Waals surface area contributed by atoms with Crippen molar-refractivity contribution in [2.75, 3.05) is 56.1 Å². The van der Waals surface area contributed by atoms with Gasteiger partial charge in [0, 0.05) is 37.9 Å². The van der Waals surface area contributed by atoms with Crippen LogP contribution in [0.25, 0.3) is 16.2 Å². The summed E-state index contributed by atoms with van der Waals surface area (Å²) in [5.41, 5.74) is 3.01. The summed E-state index contributed by atoms with van der Waals surface area (Å²) < 4.78 is 18.2. The minimum absolute atomic E-state index is 0.258. The number of fused-ring (bicyclic) bond motifs is 1. The Morgan fingerprint density at radius 2 is 1.92 bits per heavy atom. The number of rotatable bonds is 9. The number of hydrogen-bond donors (Lipinski definition) is 0. The summed E-state index contributed by atoms with van der Waals surface area (Å²) >= 11 is 1.55. The molecule has 0 unspecified atom stereocenters. The van der Waals surface area contributed by atoms with Crippen LogP contribution in [-0.4, -0.2) is 70.8 Å². The first-order valence-corrected chi connectivity index (χ1v) is 13.2. The van der Waals surface area contributed by atoms with E-state index in [-0.39, 0.29) is 6.79 Å². The predicted molar refractivity (Wildman–Crippen MR) is 142 cm³/mol. The maximum atomic E-state index is 5.58. The molecule has 192 valence electrons. The largest absolute Gasteiger partial charge is 0.462 e. The minimum atomic E-state index is 0.258. The fourth-order valence-electron chi connectivity index (χ4n) is 4.49. The molecule has 0 N–H and O–H groups in total. The molecule has 0 aliphatic carbocycles. The molecule has 0 spiro atoms. The average molecular weight is 520 g/mol. The molecule has 3 aromatic heterocycles. The zero-order valence-corrected chi connectivity index (χ0v) is 21.5. The quantitative estimate of drug-likeness (QED) is 0.328. The van der Waals surface area contributed by atoms with Gasteiger partial charge in [0.25, 0.3) is 0 Å². The van der Waals surface area contributed by atoms with Gasteiger partial charge in [0.2, 0.25) is 16.9 Å². The molecule has 1 fully saturated rings. The molecule has 37 heavy (non-hydrogen) atoms. The van der Waals surface area contributed by atoms with Gasteiger partial charge >= 0.3 is 0 Å². The number of benzene rings is 1. The van der Waals surface area contributed by atoms with Crippen molar-refractivity contribution in [1.82, 2.24) is 24.6 Å². The van der Waals surface area contributed by atoms with Crippen LogP contribution in [0, 0.1) is 0 Å². The maximum Gasteiger partial charge on any atom is 0.229 e. The number of morpholine rings is 1. The SMILES string of the molecule is CCN(c1ccc(-c2cn3nc(N(CC4=COCO4)Cc4ccccc4)sc3n2)cn1)N1CCOCC1. The van der Waals surface area contributed by atoms with E-state index in [1.165, 1.54) is 5.56 Å². The molecular formula is C26H29N7O3S. The first-order chi connectivity index (χ1) is 18.3. The van der Waals surface area contributed by atoms with Crippen LogP contribution in [0.5, 0.6) is 0 Å². The summed E-state index contributed by atoms with van der Waals surface area (Å²) in [7, 11) is 0. The molecule has 4 aromatic rings. The zero-order chi connectivity index (χ0) is 25.0. The molecule has 11 heteroatoms. The highest BCUT2D eigenvalue weighted by molar-refractivity contribution is 7.20. The summed E-state index contributed by atoms with van der Waals surface area (Å²) in [4.78, 5) is 12.6. The van der Waals surface area contributed by atoms with Crippen molar-refractivity contribution < 1.29 is 14.2 Å². The van der Waals surface area contributed by atoms with Crippen LogP contribution in [0.15, 0.2) is 66.9 Å². The van der Waals surface area contributed by atoms with Crippen LogP contribution in [0.4, 0.5) is 10.9 Å². The Kier molecular flexibility index (Phi) is 6.89. The lowest BCUT2D eigenvalue weighted by Gasteiger charge is -2.37. The van der Waals surface area contributed by atoms with Gasteiger partial charge in [0.15, 0.2) is 5.76 Å². The van der Waals surface area contributed by atoms with E-state index in [1.54, 1.807) is 17.6 Å². The van der Waals surface area contributed by atoms with Crippen LogP contribution < -0.4 is 9.91 Å². The normalized spacial score (nSPS) is 15.9. The molecule has 0 radical (unpaired) electrons. The molecule has 2 aliphatic heterocycles. The first-order valence-electron chi connectivity index (χ1n) is 12.4. The number of pyridine rings is 1. The van der Waals surface area contributed by atoms with Gasteiger partial charge in [-0.05, 0) is 24.6 Å². The van der Waals surface area contributed by atoms with Gasteiger partial charge in [-0.3, -0.25) is 5.01 Å². The fraction of sp³-hybridized carbons (Fsp3) is 0.346. The summed E-state index contributed by atoms with van der Waals surface area (Å²) in [5, 5.41) is 10.2.